The number of rotatable bonds is 4. The van der Waals surface area contributed by atoms with Gasteiger partial charge >= 0.3 is 5.97 Å². The van der Waals surface area contributed by atoms with Gasteiger partial charge in [-0.15, -0.1) is 0 Å². The maximum atomic E-state index is 13.1. The molecule has 0 aliphatic rings. The number of hydrogen-bond acceptors (Lipinski definition) is 4. The first-order valence-electron chi connectivity index (χ1n) is 4.94. The van der Waals surface area contributed by atoms with Crippen LogP contribution in [0.5, 0.6) is 0 Å². The summed E-state index contributed by atoms with van der Waals surface area (Å²) >= 11 is 3.05. The molecule has 4 nitrogen and oxygen atoms in total. The Morgan fingerprint density at radius 2 is 2.12 bits per heavy atom. The van der Waals surface area contributed by atoms with Crippen LogP contribution < -0.4 is 0 Å². The topological polar surface area (TPSA) is 66.8 Å². The number of carbonyl (C=O) groups is 1. The van der Waals surface area contributed by atoms with Gasteiger partial charge in [0, 0.05) is 4.47 Å². The van der Waals surface area contributed by atoms with Crippen LogP contribution >= 0.6 is 15.9 Å². The average Bonchev–Trinajstić information content (AvgIpc) is 2.26. The van der Waals surface area contributed by atoms with Crippen molar-refractivity contribution in [1.29, 1.82) is 0 Å². The van der Waals surface area contributed by atoms with Gasteiger partial charge in [-0.1, -0.05) is 15.9 Å². The van der Waals surface area contributed by atoms with E-state index < -0.39 is 24.0 Å². The third-order valence-corrected chi connectivity index (χ3v) is 2.51. The van der Waals surface area contributed by atoms with Crippen LogP contribution in [0.2, 0.25) is 0 Å². The predicted octanol–water partition coefficient (Wildman–Crippen LogP) is 1.55. The predicted molar refractivity (Wildman–Crippen MR) is 61.7 cm³/mol. The Morgan fingerprint density at radius 3 is 2.65 bits per heavy atom. The van der Waals surface area contributed by atoms with E-state index in [2.05, 4.69) is 20.7 Å². The van der Waals surface area contributed by atoms with Crippen molar-refractivity contribution in [2.45, 2.75) is 19.1 Å². The molecule has 2 atom stereocenters. The minimum absolute atomic E-state index is 0.0927. The zero-order valence-electron chi connectivity index (χ0n) is 9.06. The highest BCUT2D eigenvalue weighted by Gasteiger charge is 2.27. The fourth-order valence-corrected chi connectivity index (χ4v) is 1.77. The van der Waals surface area contributed by atoms with E-state index in [1.54, 1.807) is 6.92 Å². The quantitative estimate of drug-likeness (QED) is 0.828. The van der Waals surface area contributed by atoms with Gasteiger partial charge in [-0.25, -0.2) is 9.18 Å². The van der Waals surface area contributed by atoms with Crippen molar-refractivity contribution in [2.75, 3.05) is 6.61 Å². The third-order valence-electron chi connectivity index (χ3n) is 2.05. The number of hydrogen-bond donors (Lipinski definition) is 2. The van der Waals surface area contributed by atoms with Gasteiger partial charge in [-0.2, -0.15) is 0 Å². The largest absolute Gasteiger partial charge is 0.464 e. The van der Waals surface area contributed by atoms with Crippen molar-refractivity contribution in [2.24, 2.45) is 0 Å². The van der Waals surface area contributed by atoms with Gasteiger partial charge < -0.3 is 14.9 Å². The molecule has 0 heterocycles. The molecule has 0 fully saturated rings. The highest BCUT2D eigenvalue weighted by Crippen LogP contribution is 2.23. The Morgan fingerprint density at radius 1 is 1.47 bits per heavy atom. The molecule has 0 saturated carbocycles. The van der Waals surface area contributed by atoms with Crippen molar-refractivity contribution in [3.8, 4) is 0 Å². The summed E-state index contributed by atoms with van der Waals surface area (Å²) < 4.78 is 18.0. The summed E-state index contributed by atoms with van der Waals surface area (Å²) in [5.74, 6) is -1.52. The van der Waals surface area contributed by atoms with Gasteiger partial charge in [-0.05, 0) is 30.7 Å². The van der Waals surface area contributed by atoms with E-state index in [-0.39, 0.29) is 12.2 Å². The lowest BCUT2D eigenvalue weighted by Gasteiger charge is -2.17. The molecule has 6 heteroatoms. The number of ether oxygens (including phenoxy) is 1. The molecular formula is C11H12BrFO4. The Kier molecular flexibility index (Phi) is 5.04. The SMILES string of the molecule is CCOC(=O)C(O)C(O)c1cc(F)cc(Br)c1. The zero-order chi connectivity index (χ0) is 13.0. The van der Waals surface area contributed by atoms with Crippen LogP contribution in [0.3, 0.4) is 0 Å². The molecule has 0 aliphatic heterocycles. The molecule has 2 N–H and O–H groups in total. The molecule has 94 valence electrons. The Bertz CT molecular complexity index is 390. The second kappa shape index (κ2) is 6.09. The van der Waals surface area contributed by atoms with Crippen LogP contribution in [0.4, 0.5) is 4.39 Å². The highest BCUT2D eigenvalue weighted by molar-refractivity contribution is 9.10. The molecular weight excluding hydrogens is 295 g/mol. The summed E-state index contributed by atoms with van der Waals surface area (Å²) in [6, 6.07) is 3.65. The lowest BCUT2D eigenvalue weighted by Crippen LogP contribution is -2.29. The molecule has 0 saturated heterocycles. The van der Waals surface area contributed by atoms with Crippen molar-refractivity contribution in [3.05, 3.63) is 34.1 Å². The van der Waals surface area contributed by atoms with Crippen LogP contribution in [0.1, 0.15) is 18.6 Å². The molecule has 0 amide bonds. The molecule has 1 aromatic carbocycles. The first-order valence-corrected chi connectivity index (χ1v) is 5.73. The van der Waals surface area contributed by atoms with Crippen molar-refractivity contribution in [1.82, 2.24) is 0 Å². The number of aliphatic hydroxyl groups is 2. The minimum atomic E-state index is -1.73. The van der Waals surface area contributed by atoms with E-state index in [9.17, 15) is 19.4 Å². The molecule has 0 bridgehead atoms. The number of aliphatic hydroxyl groups excluding tert-OH is 2. The van der Waals surface area contributed by atoms with E-state index in [0.717, 1.165) is 6.07 Å². The van der Waals surface area contributed by atoms with Gasteiger partial charge in [0.2, 0.25) is 0 Å². The van der Waals surface area contributed by atoms with Gasteiger partial charge in [-0.3, -0.25) is 0 Å². The normalized spacial score (nSPS) is 14.2. The molecule has 2 unspecified atom stereocenters. The second-order valence-electron chi connectivity index (χ2n) is 3.34. The van der Waals surface area contributed by atoms with E-state index in [1.807, 2.05) is 0 Å². The standard InChI is InChI=1S/C11H12BrFO4/c1-2-17-11(16)10(15)9(14)6-3-7(12)5-8(13)4-6/h3-5,9-10,14-15H,2H2,1H3. The van der Waals surface area contributed by atoms with Crippen LogP contribution in [0.25, 0.3) is 0 Å². The summed E-state index contributed by atoms with van der Waals surface area (Å²) in [7, 11) is 0. The number of halogens is 2. The lowest BCUT2D eigenvalue weighted by molar-refractivity contribution is -0.159. The maximum Gasteiger partial charge on any atom is 0.338 e. The van der Waals surface area contributed by atoms with Crippen molar-refractivity contribution < 1.29 is 24.1 Å². The second-order valence-corrected chi connectivity index (χ2v) is 4.26. The molecule has 1 rings (SSSR count). The molecule has 0 aromatic heterocycles. The molecule has 1 aromatic rings. The first kappa shape index (κ1) is 14.1. The smallest absolute Gasteiger partial charge is 0.338 e. The summed E-state index contributed by atoms with van der Waals surface area (Å²) in [5.41, 5.74) is 0.0948. The Labute approximate surface area is 106 Å². The maximum absolute atomic E-state index is 13.1. The Balaban J connectivity index is 2.87. The van der Waals surface area contributed by atoms with Crippen LogP contribution in [0.15, 0.2) is 22.7 Å². The number of esters is 1. The fraction of sp³-hybridized carbons (Fsp3) is 0.364. The van der Waals surface area contributed by atoms with Crippen molar-refractivity contribution >= 4 is 21.9 Å². The lowest BCUT2D eigenvalue weighted by atomic mass is 10.0. The number of benzene rings is 1. The molecule has 0 spiro atoms. The summed E-state index contributed by atoms with van der Waals surface area (Å²) in [6.45, 7) is 1.67. The summed E-state index contributed by atoms with van der Waals surface area (Å²) in [5, 5.41) is 19.2. The Hall–Kier alpha value is -0.980. The van der Waals surface area contributed by atoms with Gasteiger partial charge in [0.05, 0.1) is 6.61 Å². The van der Waals surface area contributed by atoms with E-state index in [4.69, 9.17) is 0 Å². The van der Waals surface area contributed by atoms with Crippen molar-refractivity contribution in [3.63, 3.8) is 0 Å². The molecule has 0 aliphatic carbocycles. The minimum Gasteiger partial charge on any atom is -0.464 e. The van der Waals surface area contributed by atoms with Crippen LogP contribution in [0, 0.1) is 5.82 Å². The highest BCUT2D eigenvalue weighted by atomic mass is 79.9. The summed E-state index contributed by atoms with van der Waals surface area (Å²) in [6.07, 6.45) is -3.26. The van der Waals surface area contributed by atoms with Crippen LogP contribution in [-0.4, -0.2) is 28.9 Å². The van der Waals surface area contributed by atoms with Crippen LogP contribution in [-0.2, 0) is 9.53 Å². The average molecular weight is 307 g/mol. The third kappa shape index (κ3) is 3.76. The van der Waals surface area contributed by atoms with Gasteiger partial charge in [0.25, 0.3) is 0 Å². The monoisotopic (exact) mass is 306 g/mol. The van der Waals surface area contributed by atoms with E-state index >= 15 is 0 Å². The summed E-state index contributed by atoms with van der Waals surface area (Å²) in [4.78, 5) is 11.2. The van der Waals surface area contributed by atoms with E-state index in [1.165, 1.54) is 12.1 Å². The van der Waals surface area contributed by atoms with E-state index in [0.29, 0.717) is 4.47 Å². The molecule has 17 heavy (non-hydrogen) atoms. The molecule has 0 radical (unpaired) electrons. The zero-order valence-corrected chi connectivity index (χ0v) is 10.6. The first-order chi connectivity index (χ1) is 7.95. The number of carbonyl (C=O) groups excluding carboxylic acids is 1. The van der Waals surface area contributed by atoms with Gasteiger partial charge in [0.1, 0.15) is 11.9 Å². The van der Waals surface area contributed by atoms with Gasteiger partial charge in [0.15, 0.2) is 6.10 Å². The fourth-order valence-electron chi connectivity index (χ4n) is 1.28.